The van der Waals surface area contributed by atoms with Gasteiger partial charge in [0, 0.05) is 38.8 Å². The fraction of sp³-hybridized carbons (Fsp3) is 0.450. The Bertz CT molecular complexity index is 846. The molecule has 3 rings (SSSR count). The van der Waals surface area contributed by atoms with Crippen LogP contribution in [0.4, 0.5) is 11.5 Å². The number of aromatic nitrogens is 4. The van der Waals surface area contributed by atoms with Crippen molar-refractivity contribution in [2.75, 3.05) is 30.9 Å². The van der Waals surface area contributed by atoms with Gasteiger partial charge in [0.1, 0.15) is 5.82 Å². The normalized spacial score (nSPS) is 11.3. The summed E-state index contributed by atoms with van der Waals surface area (Å²) in [5, 5.41) is 20.3. The molecule has 0 amide bonds. The third-order valence-electron chi connectivity index (χ3n) is 4.32. The van der Waals surface area contributed by atoms with Gasteiger partial charge in [0.05, 0.1) is 5.69 Å². The van der Waals surface area contributed by atoms with Crippen molar-refractivity contribution in [1.82, 2.24) is 19.8 Å². The minimum absolute atomic E-state index is 0.242. The van der Waals surface area contributed by atoms with Crippen molar-refractivity contribution in [3.05, 3.63) is 47.8 Å². The lowest BCUT2D eigenvalue weighted by Crippen LogP contribution is -2.11. The first-order valence-corrected chi connectivity index (χ1v) is 9.46. The van der Waals surface area contributed by atoms with E-state index in [0.717, 1.165) is 55.5 Å². The highest BCUT2D eigenvalue weighted by atomic mass is 16.5. The van der Waals surface area contributed by atoms with E-state index in [0.29, 0.717) is 0 Å². The fourth-order valence-electron chi connectivity index (χ4n) is 2.85. The second-order valence-corrected chi connectivity index (χ2v) is 6.86. The van der Waals surface area contributed by atoms with Crippen molar-refractivity contribution < 1.29 is 4.74 Å². The molecule has 0 aliphatic heterocycles. The van der Waals surface area contributed by atoms with Crippen LogP contribution in [0.2, 0.25) is 0 Å². The third kappa shape index (κ3) is 4.95. The topological polar surface area (TPSA) is 76.4 Å². The van der Waals surface area contributed by atoms with Crippen LogP contribution in [0.5, 0.6) is 0 Å². The smallest absolute Gasteiger partial charge is 0.201 e. The number of hydrogen-bond acceptors (Lipinski definition) is 6. The number of anilines is 2. The second-order valence-electron chi connectivity index (χ2n) is 6.86. The van der Waals surface area contributed by atoms with Gasteiger partial charge in [0.15, 0.2) is 5.82 Å². The molecule has 7 nitrogen and oxygen atoms in total. The summed E-state index contributed by atoms with van der Waals surface area (Å²) < 4.78 is 6.95. The van der Waals surface area contributed by atoms with E-state index in [9.17, 15) is 0 Å². The largest absolute Gasteiger partial charge is 0.385 e. The predicted molar refractivity (Wildman–Crippen MR) is 108 cm³/mol. The van der Waals surface area contributed by atoms with Crippen molar-refractivity contribution in [2.45, 2.75) is 39.2 Å². The van der Waals surface area contributed by atoms with Crippen LogP contribution in [0.25, 0.3) is 5.65 Å². The quantitative estimate of drug-likeness (QED) is 0.532. The average Bonchev–Trinajstić information content (AvgIpc) is 3.11. The number of nitrogens with zero attached hydrogens (tertiary/aromatic N) is 4. The molecular weight excluding hydrogens is 340 g/mol. The summed E-state index contributed by atoms with van der Waals surface area (Å²) in [6.07, 6.45) is 2.05. The SMILES string of the molecule is COCCCCNc1cc(NCc2ccccc2)c2nnc(C(C)C)n2n1. The molecule has 144 valence electrons. The molecule has 0 saturated heterocycles. The van der Waals surface area contributed by atoms with Crippen LogP contribution < -0.4 is 10.6 Å². The highest BCUT2D eigenvalue weighted by Crippen LogP contribution is 2.22. The van der Waals surface area contributed by atoms with E-state index < -0.39 is 0 Å². The van der Waals surface area contributed by atoms with Crippen LogP contribution in [0.15, 0.2) is 36.4 Å². The third-order valence-corrected chi connectivity index (χ3v) is 4.32. The van der Waals surface area contributed by atoms with Crippen LogP contribution in [-0.4, -0.2) is 40.1 Å². The second kappa shape index (κ2) is 9.32. The number of ether oxygens (including phenoxy) is 1. The summed E-state index contributed by atoms with van der Waals surface area (Å²) in [7, 11) is 1.73. The first-order valence-electron chi connectivity index (χ1n) is 9.46. The number of hydrogen-bond donors (Lipinski definition) is 2. The van der Waals surface area contributed by atoms with Gasteiger partial charge in [0.2, 0.25) is 5.65 Å². The molecule has 0 aliphatic carbocycles. The Labute approximate surface area is 160 Å². The number of rotatable bonds is 10. The van der Waals surface area contributed by atoms with E-state index >= 15 is 0 Å². The number of unbranched alkanes of at least 4 members (excludes halogenated alkanes) is 1. The standard InChI is InChI=1S/C20H28N6O/c1-15(2)19-23-24-20-17(22-14-16-9-5-4-6-10-16)13-18(25-26(19)20)21-11-7-8-12-27-3/h4-6,9-10,13,15,22H,7-8,11-12,14H2,1-3H3,(H,21,25). The van der Waals surface area contributed by atoms with E-state index in [-0.39, 0.29) is 5.92 Å². The minimum atomic E-state index is 0.242. The summed E-state index contributed by atoms with van der Waals surface area (Å²) in [5.41, 5.74) is 2.89. The molecule has 0 atom stereocenters. The van der Waals surface area contributed by atoms with Crippen molar-refractivity contribution >= 4 is 17.2 Å². The van der Waals surface area contributed by atoms with Crippen molar-refractivity contribution in [3.8, 4) is 0 Å². The molecule has 0 bridgehead atoms. The molecule has 0 spiro atoms. The molecule has 2 aromatic heterocycles. The Balaban J connectivity index is 1.81. The number of nitrogens with one attached hydrogen (secondary N) is 2. The van der Waals surface area contributed by atoms with E-state index in [4.69, 9.17) is 9.84 Å². The van der Waals surface area contributed by atoms with Gasteiger partial charge in [-0.15, -0.1) is 15.3 Å². The number of benzene rings is 1. The van der Waals surface area contributed by atoms with Crippen molar-refractivity contribution in [1.29, 1.82) is 0 Å². The molecule has 0 aliphatic rings. The van der Waals surface area contributed by atoms with Crippen LogP contribution in [0.3, 0.4) is 0 Å². The molecule has 0 fully saturated rings. The molecule has 0 saturated carbocycles. The first-order chi connectivity index (χ1) is 13.2. The molecule has 1 aromatic carbocycles. The maximum atomic E-state index is 5.10. The summed E-state index contributed by atoms with van der Waals surface area (Å²) in [6, 6.07) is 12.3. The summed E-state index contributed by atoms with van der Waals surface area (Å²) in [4.78, 5) is 0. The Morgan fingerprint density at radius 2 is 1.89 bits per heavy atom. The lowest BCUT2D eigenvalue weighted by molar-refractivity contribution is 0.194. The number of methoxy groups -OCH3 is 1. The Hall–Kier alpha value is -2.67. The Morgan fingerprint density at radius 3 is 2.63 bits per heavy atom. The monoisotopic (exact) mass is 368 g/mol. The molecule has 2 N–H and O–H groups in total. The zero-order chi connectivity index (χ0) is 19.1. The van der Waals surface area contributed by atoms with Crippen LogP contribution in [-0.2, 0) is 11.3 Å². The molecule has 2 heterocycles. The summed E-state index contributed by atoms with van der Waals surface area (Å²) in [6.45, 7) is 6.54. The van der Waals surface area contributed by atoms with Gasteiger partial charge >= 0.3 is 0 Å². The summed E-state index contributed by atoms with van der Waals surface area (Å²) in [5.74, 6) is 1.92. The lowest BCUT2D eigenvalue weighted by Gasteiger charge is -2.12. The Kier molecular flexibility index (Phi) is 6.59. The number of fused-ring (bicyclic) bond motifs is 1. The van der Waals surface area contributed by atoms with E-state index in [2.05, 4.69) is 46.8 Å². The lowest BCUT2D eigenvalue weighted by atomic mass is 10.2. The van der Waals surface area contributed by atoms with Gasteiger partial charge in [-0.05, 0) is 18.4 Å². The maximum Gasteiger partial charge on any atom is 0.201 e. The van der Waals surface area contributed by atoms with Gasteiger partial charge in [-0.2, -0.15) is 4.52 Å². The molecule has 7 heteroatoms. The zero-order valence-corrected chi connectivity index (χ0v) is 16.3. The fourth-order valence-corrected chi connectivity index (χ4v) is 2.85. The van der Waals surface area contributed by atoms with Gasteiger partial charge < -0.3 is 15.4 Å². The van der Waals surface area contributed by atoms with E-state index in [1.165, 1.54) is 5.56 Å². The summed E-state index contributed by atoms with van der Waals surface area (Å²) >= 11 is 0. The van der Waals surface area contributed by atoms with Gasteiger partial charge in [-0.1, -0.05) is 44.2 Å². The van der Waals surface area contributed by atoms with Crippen LogP contribution in [0, 0.1) is 0 Å². The molecular formula is C20H28N6O. The predicted octanol–water partition coefficient (Wildman–Crippen LogP) is 3.70. The van der Waals surface area contributed by atoms with Gasteiger partial charge in [0.25, 0.3) is 0 Å². The highest BCUT2D eigenvalue weighted by molar-refractivity contribution is 5.70. The molecule has 27 heavy (non-hydrogen) atoms. The molecule has 0 unspecified atom stereocenters. The first kappa shape index (κ1) is 19.1. The Morgan fingerprint density at radius 1 is 1.07 bits per heavy atom. The maximum absolute atomic E-state index is 5.10. The van der Waals surface area contributed by atoms with Crippen LogP contribution in [0.1, 0.15) is 44.0 Å². The van der Waals surface area contributed by atoms with Gasteiger partial charge in [-0.3, -0.25) is 0 Å². The van der Waals surface area contributed by atoms with Crippen molar-refractivity contribution in [2.24, 2.45) is 0 Å². The van der Waals surface area contributed by atoms with E-state index in [1.54, 1.807) is 7.11 Å². The molecule has 3 aromatic rings. The highest BCUT2D eigenvalue weighted by Gasteiger charge is 2.15. The molecule has 0 radical (unpaired) electrons. The van der Waals surface area contributed by atoms with E-state index in [1.807, 2.05) is 28.8 Å². The van der Waals surface area contributed by atoms with Gasteiger partial charge in [-0.25, -0.2) is 0 Å². The average molecular weight is 368 g/mol. The van der Waals surface area contributed by atoms with Crippen molar-refractivity contribution in [3.63, 3.8) is 0 Å². The zero-order valence-electron chi connectivity index (χ0n) is 16.3. The minimum Gasteiger partial charge on any atom is -0.385 e. The van der Waals surface area contributed by atoms with Crippen LogP contribution >= 0.6 is 0 Å².